The van der Waals surface area contributed by atoms with Crippen LogP contribution in [0.2, 0.25) is 0 Å². The first-order valence-electron chi connectivity index (χ1n) is 2.44. The lowest BCUT2D eigenvalue weighted by Crippen LogP contribution is -1.99. The zero-order chi connectivity index (χ0) is 6.41. The summed E-state index contributed by atoms with van der Waals surface area (Å²) in [5.41, 5.74) is 0. The highest BCUT2D eigenvalue weighted by Crippen LogP contribution is 2.03. The van der Waals surface area contributed by atoms with E-state index in [-0.39, 0.29) is 0 Å². The van der Waals surface area contributed by atoms with Crippen LogP contribution in [0.5, 0.6) is 0 Å². The van der Waals surface area contributed by atoms with Crippen molar-refractivity contribution in [3.63, 3.8) is 0 Å². The van der Waals surface area contributed by atoms with E-state index >= 15 is 0 Å². The zero-order valence-electron chi connectivity index (χ0n) is 4.53. The van der Waals surface area contributed by atoms with Crippen LogP contribution in [0.3, 0.4) is 0 Å². The van der Waals surface area contributed by atoms with E-state index in [1.54, 1.807) is 0 Å². The van der Waals surface area contributed by atoms with E-state index < -0.39 is 6.17 Å². The van der Waals surface area contributed by atoms with Gasteiger partial charge in [-0.1, -0.05) is 15.9 Å². The van der Waals surface area contributed by atoms with Gasteiger partial charge in [-0.2, -0.15) is 0 Å². The Morgan fingerprint density at radius 3 is 2.75 bits per heavy atom. The minimum absolute atomic E-state index is 0.397. The molecule has 8 heavy (non-hydrogen) atoms. The summed E-state index contributed by atoms with van der Waals surface area (Å²) in [6.07, 6.45) is 5.14. The Kier molecular flexibility index (Phi) is 5.09. The first-order chi connectivity index (χ1) is 3.81. The van der Waals surface area contributed by atoms with Crippen LogP contribution in [-0.2, 0) is 0 Å². The van der Waals surface area contributed by atoms with E-state index in [0.29, 0.717) is 18.2 Å². The molecular formula is C6H8BrF. The molecule has 1 atom stereocenters. The normalized spacial score (nSPS) is 12.6. The summed E-state index contributed by atoms with van der Waals surface area (Å²) in [6, 6.07) is 0. The maximum atomic E-state index is 12.2. The Morgan fingerprint density at radius 1 is 1.75 bits per heavy atom. The molecule has 0 aliphatic rings. The molecule has 0 nitrogen and oxygen atoms in total. The summed E-state index contributed by atoms with van der Waals surface area (Å²) in [4.78, 5) is 0. The smallest absolute Gasteiger partial charge is 0.111 e. The van der Waals surface area contributed by atoms with Crippen LogP contribution in [0.15, 0.2) is 0 Å². The van der Waals surface area contributed by atoms with E-state index in [9.17, 15) is 4.39 Å². The Labute approximate surface area is 57.6 Å². The maximum absolute atomic E-state index is 12.2. The molecule has 0 heterocycles. The minimum atomic E-state index is -0.772. The molecule has 0 aliphatic carbocycles. The molecule has 0 fully saturated rings. The van der Waals surface area contributed by atoms with Crippen molar-refractivity contribution < 1.29 is 4.39 Å². The van der Waals surface area contributed by atoms with Crippen LogP contribution in [-0.4, -0.2) is 11.5 Å². The van der Waals surface area contributed by atoms with E-state index in [2.05, 4.69) is 21.9 Å². The summed E-state index contributed by atoms with van der Waals surface area (Å²) in [7, 11) is 0. The average Bonchev–Trinajstić information content (AvgIpc) is 1.83. The largest absolute Gasteiger partial charge is 0.247 e. The van der Waals surface area contributed by atoms with Crippen molar-refractivity contribution in [2.75, 3.05) is 5.33 Å². The fourth-order valence-electron chi connectivity index (χ4n) is 0.317. The van der Waals surface area contributed by atoms with E-state index in [1.807, 2.05) is 0 Å². The van der Waals surface area contributed by atoms with Crippen LogP contribution in [0, 0.1) is 12.3 Å². The third kappa shape index (κ3) is 4.14. The molecule has 0 radical (unpaired) electrons. The number of hydrogen-bond donors (Lipinski definition) is 0. The van der Waals surface area contributed by atoms with Crippen LogP contribution in [0.1, 0.15) is 12.8 Å². The Morgan fingerprint density at radius 2 is 2.38 bits per heavy atom. The topological polar surface area (TPSA) is 0 Å². The molecule has 0 aliphatic heterocycles. The molecule has 2 heteroatoms. The van der Waals surface area contributed by atoms with Crippen LogP contribution in [0.25, 0.3) is 0 Å². The third-order valence-corrected chi connectivity index (χ3v) is 1.47. The summed E-state index contributed by atoms with van der Waals surface area (Å²) in [5, 5.41) is 0.397. The van der Waals surface area contributed by atoms with Gasteiger partial charge in [0.1, 0.15) is 6.17 Å². The van der Waals surface area contributed by atoms with Gasteiger partial charge in [-0.15, -0.1) is 12.3 Å². The summed E-state index contributed by atoms with van der Waals surface area (Å²) in [6.45, 7) is 0. The van der Waals surface area contributed by atoms with Gasteiger partial charge >= 0.3 is 0 Å². The van der Waals surface area contributed by atoms with Gasteiger partial charge in [0, 0.05) is 11.8 Å². The number of rotatable bonds is 3. The van der Waals surface area contributed by atoms with Crippen molar-refractivity contribution in [1.82, 2.24) is 0 Å². The lowest BCUT2D eigenvalue weighted by atomic mass is 10.2. The molecule has 0 unspecified atom stereocenters. The van der Waals surface area contributed by atoms with Gasteiger partial charge in [-0.05, 0) is 6.42 Å². The number of hydrogen-bond acceptors (Lipinski definition) is 0. The van der Waals surface area contributed by atoms with Crippen molar-refractivity contribution >= 4 is 15.9 Å². The first kappa shape index (κ1) is 7.97. The van der Waals surface area contributed by atoms with Crippen LogP contribution >= 0.6 is 15.9 Å². The first-order valence-corrected chi connectivity index (χ1v) is 3.57. The monoisotopic (exact) mass is 178 g/mol. The highest BCUT2D eigenvalue weighted by Gasteiger charge is 2.00. The predicted octanol–water partition coefficient (Wildman–Crippen LogP) is 2.13. The van der Waals surface area contributed by atoms with Gasteiger partial charge in [0.25, 0.3) is 0 Å². The molecule has 0 rings (SSSR count). The van der Waals surface area contributed by atoms with Crippen LogP contribution < -0.4 is 0 Å². The Balaban J connectivity index is 3.01. The van der Waals surface area contributed by atoms with Crippen molar-refractivity contribution in [3.8, 4) is 12.3 Å². The summed E-state index contributed by atoms with van der Waals surface area (Å²) < 4.78 is 12.2. The highest BCUT2D eigenvalue weighted by molar-refractivity contribution is 9.09. The van der Waals surface area contributed by atoms with Crippen molar-refractivity contribution in [1.29, 1.82) is 0 Å². The fourth-order valence-corrected chi connectivity index (χ4v) is 0.641. The SMILES string of the molecule is C#CCC[C@@H](F)CBr. The molecule has 0 aromatic carbocycles. The molecule has 46 valence electrons. The van der Waals surface area contributed by atoms with E-state index in [1.165, 1.54) is 0 Å². The molecule has 0 aromatic heterocycles. The van der Waals surface area contributed by atoms with Crippen LogP contribution in [0.4, 0.5) is 4.39 Å². The zero-order valence-corrected chi connectivity index (χ0v) is 6.12. The second kappa shape index (κ2) is 5.11. The summed E-state index contributed by atoms with van der Waals surface area (Å²) in [5.74, 6) is 2.37. The van der Waals surface area contributed by atoms with E-state index in [0.717, 1.165) is 0 Å². The van der Waals surface area contributed by atoms with Gasteiger partial charge in [0.15, 0.2) is 0 Å². The summed E-state index contributed by atoms with van der Waals surface area (Å²) >= 11 is 3.00. The van der Waals surface area contributed by atoms with Gasteiger partial charge in [0.05, 0.1) is 0 Å². The average molecular weight is 179 g/mol. The van der Waals surface area contributed by atoms with Crippen molar-refractivity contribution in [2.45, 2.75) is 19.0 Å². The van der Waals surface area contributed by atoms with Gasteiger partial charge < -0.3 is 0 Å². The molecular weight excluding hydrogens is 171 g/mol. The standard InChI is InChI=1S/C6H8BrF/c1-2-3-4-6(8)5-7/h1,6H,3-5H2/t6-/m1/s1. The maximum Gasteiger partial charge on any atom is 0.111 e. The number of terminal acetylenes is 1. The molecule has 0 spiro atoms. The Bertz CT molecular complexity index is 85.0. The van der Waals surface area contributed by atoms with Crippen molar-refractivity contribution in [2.24, 2.45) is 0 Å². The number of halogens is 2. The van der Waals surface area contributed by atoms with Gasteiger partial charge in [-0.25, -0.2) is 4.39 Å². The third-order valence-electron chi connectivity index (χ3n) is 0.769. The van der Waals surface area contributed by atoms with Gasteiger partial charge in [-0.3, -0.25) is 0 Å². The molecule has 0 saturated carbocycles. The lowest BCUT2D eigenvalue weighted by Gasteiger charge is -1.96. The molecule has 0 amide bonds. The fraction of sp³-hybridized carbons (Fsp3) is 0.667. The van der Waals surface area contributed by atoms with Crippen molar-refractivity contribution in [3.05, 3.63) is 0 Å². The highest BCUT2D eigenvalue weighted by atomic mass is 79.9. The molecule has 0 N–H and O–H groups in total. The Hall–Kier alpha value is -0.0300. The minimum Gasteiger partial charge on any atom is -0.247 e. The second-order valence-electron chi connectivity index (χ2n) is 1.49. The van der Waals surface area contributed by atoms with Gasteiger partial charge in [0.2, 0.25) is 0 Å². The quantitative estimate of drug-likeness (QED) is 0.459. The predicted molar refractivity (Wildman–Crippen MR) is 36.8 cm³/mol. The number of alkyl halides is 2. The molecule has 0 saturated heterocycles. The molecule has 0 bridgehead atoms. The van der Waals surface area contributed by atoms with E-state index in [4.69, 9.17) is 6.42 Å². The lowest BCUT2D eigenvalue weighted by molar-refractivity contribution is 0.352. The second-order valence-corrected chi connectivity index (χ2v) is 2.14. The molecule has 0 aromatic rings.